The molecule has 3 N–H and O–H groups in total. The van der Waals surface area contributed by atoms with Crippen molar-refractivity contribution in [1.29, 1.82) is 0 Å². The van der Waals surface area contributed by atoms with Crippen molar-refractivity contribution in [3.8, 4) is 0 Å². The summed E-state index contributed by atoms with van der Waals surface area (Å²) >= 11 is 1.40. The SMILES string of the molecule is COC(=O)c1c(NC(=O)C2=NN(c3ccccc3)C(C(N)=O)C2)sc2c1CCCC2. The van der Waals surface area contributed by atoms with Gasteiger partial charge in [-0.1, -0.05) is 18.2 Å². The molecule has 2 heterocycles. The van der Waals surface area contributed by atoms with E-state index in [9.17, 15) is 14.4 Å². The van der Waals surface area contributed by atoms with Crippen molar-refractivity contribution in [3.63, 3.8) is 0 Å². The van der Waals surface area contributed by atoms with Gasteiger partial charge in [-0.25, -0.2) is 4.79 Å². The van der Waals surface area contributed by atoms with Crippen LogP contribution in [0.2, 0.25) is 0 Å². The number of amides is 2. The Morgan fingerprint density at radius 1 is 1.20 bits per heavy atom. The van der Waals surface area contributed by atoms with Gasteiger partial charge in [-0.3, -0.25) is 14.6 Å². The maximum absolute atomic E-state index is 13.0. The second-order valence-corrected chi connectivity index (χ2v) is 8.32. The third kappa shape index (κ3) is 3.68. The molecular weight excluding hydrogens is 404 g/mol. The molecule has 1 unspecified atom stereocenters. The highest BCUT2D eigenvalue weighted by Gasteiger charge is 2.36. The average molecular weight is 426 g/mol. The first-order chi connectivity index (χ1) is 14.5. The minimum atomic E-state index is -0.746. The predicted octanol–water partition coefficient (Wildman–Crippen LogP) is 2.47. The Morgan fingerprint density at radius 3 is 2.63 bits per heavy atom. The molecule has 2 aliphatic rings. The van der Waals surface area contributed by atoms with Gasteiger partial charge in [0, 0.05) is 11.3 Å². The number of primary amides is 1. The number of fused-ring (bicyclic) bond motifs is 1. The van der Waals surface area contributed by atoms with Crippen molar-refractivity contribution < 1.29 is 19.1 Å². The third-order valence-electron chi connectivity index (χ3n) is 5.31. The topological polar surface area (TPSA) is 114 Å². The molecule has 1 aliphatic carbocycles. The van der Waals surface area contributed by atoms with Crippen LogP contribution in [0.4, 0.5) is 10.7 Å². The van der Waals surface area contributed by atoms with Gasteiger partial charge in [-0.05, 0) is 43.4 Å². The molecule has 0 saturated carbocycles. The van der Waals surface area contributed by atoms with E-state index in [-0.39, 0.29) is 12.1 Å². The Balaban J connectivity index is 1.62. The molecule has 156 valence electrons. The fourth-order valence-electron chi connectivity index (χ4n) is 3.84. The number of carbonyl (C=O) groups is 3. The number of para-hydroxylation sites is 1. The van der Waals surface area contributed by atoms with Crippen molar-refractivity contribution in [2.45, 2.75) is 38.1 Å². The number of hydrazone groups is 1. The van der Waals surface area contributed by atoms with Crippen molar-refractivity contribution in [3.05, 3.63) is 46.3 Å². The van der Waals surface area contributed by atoms with Gasteiger partial charge in [-0.15, -0.1) is 11.3 Å². The summed E-state index contributed by atoms with van der Waals surface area (Å²) in [6.07, 6.45) is 3.82. The molecule has 4 rings (SSSR count). The van der Waals surface area contributed by atoms with Gasteiger partial charge in [-0.2, -0.15) is 5.10 Å². The monoisotopic (exact) mass is 426 g/mol. The van der Waals surface area contributed by atoms with Crippen molar-refractivity contribution >= 4 is 45.5 Å². The van der Waals surface area contributed by atoms with Gasteiger partial charge < -0.3 is 15.8 Å². The molecular formula is C21H22N4O4S. The lowest BCUT2D eigenvalue weighted by atomic mass is 9.95. The maximum Gasteiger partial charge on any atom is 0.341 e. The van der Waals surface area contributed by atoms with Crippen LogP contribution in [0.15, 0.2) is 35.4 Å². The van der Waals surface area contributed by atoms with E-state index < -0.39 is 23.8 Å². The molecule has 1 atom stereocenters. The van der Waals surface area contributed by atoms with Crippen LogP contribution in [0, 0.1) is 0 Å². The van der Waals surface area contributed by atoms with E-state index in [2.05, 4.69) is 10.4 Å². The highest BCUT2D eigenvalue weighted by Crippen LogP contribution is 2.38. The quantitative estimate of drug-likeness (QED) is 0.713. The average Bonchev–Trinajstić information content (AvgIpc) is 3.36. The number of ether oxygens (including phenoxy) is 1. The molecule has 1 aromatic carbocycles. The molecule has 0 spiro atoms. The third-order valence-corrected chi connectivity index (χ3v) is 6.52. The van der Waals surface area contributed by atoms with E-state index in [1.807, 2.05) is 18.2 Å². The molecule has 0 fully saturated rings. The van der Waals surface area contributed by atoms with Crippen LogP contribution in [0.5, 0.6) is 0 Å². The van der Waals surface area contributed by atoms with Crippen LogP contribution < -0.4 is 16.1 Å². The fourth-order valence-corrected chi connectivity index (χ4v) is 5.11. The molecule has 2 aromatic rings. The number of aryl methyl sites for hydroxylation is 1. The molecule has 0 bridgehead atoms. The summed E-state index contributed by atoms with van der Waals surface area (Å²) in [6.45, 7) is 0. The van der Waals surface area contributed by atoms with E-state index >= 15 is 0 Å². The lowest BCUT2D eigenvalue weighted by Gasteiger charge is -2.20. The van der Waals surface area contributed by atoms with Crippen LogP contribution >= 0.6 is 11.3 Å². The lowest BCUT2D eigenvalue weighted by molar-refractivity contribution is -0.119. The van der Waals surface area contributed by atoms with Gasteiger partial charge in [0.05, 0.1) is 18.4 Å². The number of carbonyl (C=O) groups excluding carboxylic acids is 3. The number of methoxy groups -OCH3 is 1. The summed E-state index contributed by atoms with van der Waals surface area (Å²) in [7, 11) is 1.33. The first-order valence-electron chi connectivity index (χ1n) is 9.75. The number of benzene rings is 1. The van der Waals surface area contributed by atoms with E-state index in [4.69, 9.17) is 10.5 Å². The lowest BCUT2D eigenvalue weighted by Crippen LogP contribution is -2.39. The number of rotatable bonds is 5. The Bertz CT molecular complexity index is 1030. The van der Waals surface area contributed by atoms with Gasteiger partial charge >= 0.3 is 5.97 Å². The highest BCUT2D eigenvalue weighted by molar-refractivity contribution is 7.17. The molecule has 1 aromatic heterocycles. The van der Waals surface area contributed by atoms with E-state index in [0.717, 1.165) is 36.1 Å². The summed E-state index contributed by atoms with van der Waals surface area (Å²) in [5.74, 6) is -1.48. The number of hydrogen-bond donors (Lipinski definition) is 2. The Morgan fingerprint density at radius 2 is 1.93 bits per heavy atom. The number of thiophene rings is 1. The Hall–Kier alpha value is -3.20. The van der Waals surface area contributed by atoms with E-state index in [1.54, 1.807) is 12.1 Å². The first kappa shape index (κ1) is 20.1. The molecule has 30 heavy (non-hydrogen) atoms. The first-order valence-corrected chi connectivity index (χ1v) is 10.6. The minimum absolute atomic E-state index is 0.0920. The summed E-state index contributed by atoms with van der Waals surface area (Å²) in [6, 6.07) is 8.33. The second-order valence-electron chi connectivity index (χ2n) is 7.21. The molecule has 0 saturated heterocycles. The van der Waals surface area contributed by atoms with Crippen LogP contribution in [0.3, 0.4) is 0 Å². The van der Waals surface area contributed by atoms with Crippen LogP contribution in [-0.2, 0) is 27.2 Å². The van der Waals surface area contributed by atoms with Crippen LogP contribution in [-0.4, -0.2) is 36.6 Å². The summed E-state index contributed by atoms with van der Waals surface area (Å²) in [4.78, 5) is 38.4. The van der Waals surface area contributed by atoms with Crippen molar-refractivity contribution in [1.82, 2.24) is 0 Å². The number of anilines is 2. The summed E-state index contributed by atoms with van der Waals surface area (Å²) in [5, 5.41) is 9.12. The van der Waals surface area contributed by atoms with Crippen molar-refractivity contribution in [2.24, 2.45) is 10.8 Å². The number of esters is 1. The zero-order valence-corrected chi connectivity index (χ0v) is 17.3. The Labute approximate surface area is 177 Å². The highest BCUT2D eigenvalue weighted by atomic mass is 32.1. The zero-order valence-electron chi connectivity index (χ0n) is 16.5. The zero-order chi connectivity index (χ0) is 21.3. The smallest absolute Gasteiger partial charge is 0.341 e. The van der Waals surface area contributed by atoms with Crippen LogP contribution in [0.25, 0.3) is 0 Å². The maximum atomic E-state index is 13.0. The normalized spacial score (nSPS) is 17.8. The summed E-state index contributed by atoms with van der Waals surface area (Å²) in [5.41, 5.74) is 7.79. The van der Waals surface area contributed by atoms with Gasteiger partial charge in [0.25, 0.3) is 5.91 Å². The summed E-state index contributed by atoms with van der Waals surface area (Å²) < 4.78 is 4.95. The second kappa shape index (κ2) is 8.27. The molecule has 9 heteroatoms. The molecule has 1 aliphatic heterocycles. The van der Waals surface area contributed by atoms with Gasteiger partial charge in [0.1, 0.15) is 16.8 Å². The number of nitrogens with two attached hydrogens (primary N) is 1. The fraction of sp³-hybridized carbons (Fsp3) is 0.333. The number of hydrogen-bond acceptors (Lipinski definition) is 7. The molecule has 8 nitrogen and oxygen atoms in total. The Kier molecular flexibility index (Phi) is 5.54. The van der Waals surface area contributed by atoms with E-state index in [0.29, 0.717) is 16.3 Å². The number of nitrogens with one attached hydrogen (secondary N) is 1. The van der Waals surface area contributed by atoms with Crippen LogP contribution in [0.1, 0.15) is 40.1 Å². The predicted molar refractivity (Wildman–Crippen MR) is 115 cm³/mol. The number of nitrogens with zero attached hydrogens (tertiary/aromatic N) is 2. The molecule has 0 radical (unpaired) electrons. The molecule has 2 amide bonds. The largest absolute Gasteiger partial charge is 0.465 e. The standard InChI is InChI=1S/C21H22N4O4S/c1-29-21(28)17-13-9-5-6-10-16(13)30-20(17)23-19(27)14-11-15(18(22)26)25(24-14)12-7-3-2-4-8-12/h2-4,7-8,15H,5-6,9-11H2,1H3,(H2,22,26)(H,23,27). The van der Waals surface area contributed by atoms with E-state index in [1.165, 1.54) is 23.5 Å². The van der Waals surface area contributed by atoms with Crippen molar-refractivity contribution in [2.75, 3.05) is 17.4 Å². The van der Waals surface area contributed by atoms with Gasteiger partial charge in [0.2, 0.25) is 5.91 Å². The van der Waals surface area contributed by atoms with Gasteiger partial charge in [0.15, 0.2) is 0 Å². The minimum Gasteiger partial charge on any atom is -0.465 e.